The molecule has 0 aromatic rings. The molecular weight excluding hydrogens is 174 g/mol. The Bertz CT molecular complexity index is 56.8. The lowest BCUT2D eigenvalue weighted by molar-refractivity contribution is 0.220. The van der Waals surface area contributed by atoms with Crippen LogP contribution in [0.3, 0.4) is 0 Å². The average Bonchev–Trinajstić information content (AvgIpc) is 1.25. The van der Waals surface area contributed by atoms with E-state index in [2.05, 4.69) is 11.6 Å². The van der Waals surface area contributed by atoms with Gasteiger partial charge in [0.1, 0.15) is 4.84 Å². The van der Waals surface area contributed by atoms with Crippen LogP contribution in [-0.2, 0) is 0 Å². The van der Waals surface area contributed by atoms with Gasteiger partial charge in [-0.3, -0.25) is 0 Å². The van der Waals surface area contributed by atoms with E-state index in [-0.39, 0.29) is 4.84 Å². The van der Waals surface area contributed by atoms with Gasteiger partial charge in [-0.25, -0.2) is 4.79 Å². The standard InChI is InChI=1S/C2H4Cl2.CHClO2/c1-2(3)4;2-1(3)4/h2H,1H3;(H,3,4). The Kier molecular flexibility index (Phi) is 10.3. The fraction of sp³-hybridized carbons (Fsp3) is 0.667. The summed E-state index contributed by atoms with van der Waals surface area (Å²) in [5.41, 5.74) is -1.36. The summed E-state index contributed by atoms with van der Waals surface area (Å²) in [5, 5.41) is 7.18. The van der Waals surface area contributed by atoms with E-state index in [0.717, 1.165) is 0 Å². The molecule has 0 bridgehead atoms. The molecule has 5 heteroatoms. The average molecular weight is 179 g/mol. The molecule has 0 heterocycles. The molecule has 0 rings (SSSR count). The first-order valence-corrected chi connectivity index (χ1v) is 2.88. The molecule has 0 aromatic heterocycles. The minimum atomic E-state index is -1.36. The van der Waals surface area contributed by atoms with Crippen molar-refractivity contribution in [2.75, 3.05) is 0 Å². The van der Waals surface area contributed by atoms with E-state index >= 15 is 0 Å². The van der Waals surface area contributed by atoms with Crippen molar-refractivity contribution in [3.8, 4) is 0 Å². The molecule has 0 saturated heterocycles. The van der Waals surface area contributed by atoms with Crippen LogP contribution in [0.1, 0.15) is 6.92 Å². The van der Waals surface area contributed by atoms with Crippen LogP contribution < -0.4 is 0 Å². The van der Waals surface area contributed by atoms with Crippen molar-refractivity contribution in [2.24, 2.45) is 0 Å². The SMILES string of the molecule is CC(Cl)Cl.O=C(O)Cl. The van der Waals surface area contributed by atoms with Gasteiger partial charge in [-0.2, -0.15) is 0 Å². The largest absolute Gasteiger partial charge is 0.469 e. The third kappa shape index (κ3) is 1560. The number of alkyl halides is 2. The van der Waals surface area contributed by atoms with Crippen molar-refractivity contribution < 1.29 is 9.90 Å². The summed E-state index contributed by atoms with van der Waals surface area (Å²) in [4.78, 5) is 8.54. The van der Waals surface area contributed by atoms with Crippen molar-refractivity contribution in [3.05, 3.63) is 0 Å². The third-order valence-corrected chi connectivity index (χ3v) is 0. The summed E-state index contributed by atoms with van der Waals surface area (Å²) < 4.78 is 0. The second kappa shape index (κ2) is 7.34. The predicted octanol–water partition coefficient (Wildman–Crippen LogP) is 2.71. The van der Waals surface area contributed by atoms with Gasteiger partial charge in [-0.15, -0.1) is 23.2 Å². The van der Waals surface area contributed by atoms with Crippen LogP contribution in [0.4, 0.5) is 4.79 Å². The maximum absolute atomic E-state index is 8.77. The van der Waals surface area contributed by atoms with Crippen LogP contribution in [0.25, 0.3) is 0 Å². The molecule has 8 heavy (non-hydrogen) atoms. The first kappa shape index (κ1) is 11.2. The van der Waals surface area contributed by atoms with Crippen LogP contribution in [0.15, 0.2) is 0 Å². The second-order valence-electron chi connectivity index (χ2n) is 0.772. The van der Waals surface area contributed by atoms with Gasteiger partial charge in [0.05, 0.1) is 0 Å². The van der Waals surface area contributed by atoms with E-state index in [1.54, 1.807) is 6.92 Å². The molecule has 0 fully saturated rings. The molecule has 0 unspecified atom stereocenters. The zero-order valence-electron chi connectivity index (χ0n) is 4.07. The van der Waals surface area contributed by atoms with E-state index in [9.17, 15) is 0 Å². The van der Waals surface area contributed by atoms with E-state index in [4.69, 9.17) is 33.1 Å². The van der Waals surface area contributed by atoms with Crippen LogP contribution in [0.2, 0.25) is 0 Å². The number of carboxylic acid groups (broad SMARTS) is 1. The fourth-order valence-electron chi connectivity index (χ4n) is 0. The van der Waals surface area contributed by atoms with Crippen molar-refractivity contribution in [2.45, 2.75) is 11.8 Å². The molecule has 2 nitrogen and oxygen atoms in total. The van der Waals surface area contributed by atoms with E-state index in [1.165, 1.54) is 0 Å². The molecule has 0 saturated carbocycles. The van der Waals surface area contributed by atoms with Crippen molar-refractivity contribution in [3.63, 3.8) is 0 Å². The highest BCUT2D eigenvalue weighted by atomic mass is 35.5. The van der Waals surface area contributed by atoms with Gasteiger partial charge in [-0.05, 0) is 6.92 Å². The number of rotatable bonds is 0. The normalized spacial score (nSPS) is 7.62. The summed E-state index contributed by atoms with van der Waals surface area (Å²) in [6.45, 7) is 1.70. The molecular formula is C3H5Cl3O2. The summed E-state index contributed by atoms with van der Waals surface area (Å²) in [6, 6.07) is 0. The van der Waals surface area contributed by atoms with Crippen LogP contribution in [0, 0.1) is 0 Å². The molecule has 0 aliphatic carbocycles. The highest BCUT2D eigenvalue weighted by Gasteiger charge is 1.75. The van der Waals surface area contributed by atoms with Gasteiger partial charge in [0, 0.05) is 11.6 Å². The summed E-state index contributed by atoms with van der Waals surface area (Å²) in [7, 11) is 0. The molecule has 0 atom stereocenters. The number of hydrogen-bond acceptors (Lipinski definition) is 1. The Hall–Kier alpha value is 0.340. The summed E-state index contributed by atoms with van der Waals surface area (Å²) >= 11 is 14.3. The second-order valence-corrected chi connectivity index (χ2v) is 2.63. The lowest BCUT2D eigenvalue weighted by Crippen LogP contribution is -1.66. The topological polar surface area (TPSA) is 37.3 Å². The summed E-state index contributed by atoms with van der Waals surface area (Å²) in [6.07, 6.45) is 0. The quantitative estimate of drug-likeness (QED) is 0.458. The molecule has 50 valence electrons. The van der Waals surface area contributed by atoms with Crippen molar-refractivity contribution in [1.82, 2.24) is 0 Å². The minimum Gasteiger partial charge on any atom is -0.469 e. The smallest absolute Gasteiger partial charge is 0.401 e. The Labute approximate surface area is 62.3 Å². The predicted molar refractivity (Wildman–Crippen MR) is 35.0 cm³/mol. The molecule has 0 spiro atoms. The van der Waals surface area contributed by atoms with E-state index in [1.807, 2.05) is 0 Å². The van der Waals surface area contributed by atoms with Gasteiger partial charge >= 0.3 is 5.43 Å². The van der Waals surface area contributed by atoms with Crippen LogP contribution in [-0.4, -0.2) is 15.4 Å². The number of hydrogen-bond donors (Lipinski definition) is 1. The highest BCUT2D eigenvalue weighted by Crippen LogP contribution is 1.95. The van der Waals surface area contributed by atoms with Crippen molar-refractivity contribution >= 4 is 40.2 Å². The Morgan fingerprint density at radius 2 is 1.62 bits per heavy atom. The maximum Gasteiger partial charge on any atom is 0.401 e. The fourth-order valence-corrected chi connectivity index (χ4v) is 0. The van der Waals surface area contributed by atoms with Crippen LogP contribution in [0.5, 0.6) is 0 Å². The van der Waals surface area contributed by atoms with Crippen molar-refractivity contribution in [1.29, 1.82) is 0 Å². The molecule has 0 aliphatic heterocycles. The van der Waals surface area contributed by atoms with Gasteiger partial charge in [0.25, 0.3) is 0 Å². The van der Waals surface area contributed by atoms with Gasteiger partial charge in [0.2, 0.25) is 0 Å². The van der Waals surface area contributed by atoms with E-state index < -0.39 is 5.43 Å². The number of carbonyl (C=O) groups is 1. The monoisotopic (exact) mass is 178 g/mol. The molecule has 0 aromatic carbocycles. The molecule has 1 N–H and O–H groups in total. The van der Waals surface area contributed by atoms with Gasteiger partial charge in [0.15, 0.2) is 0 Å². The highest BCUT2D eigenvalue weighted by molar-refractivity contribution is 6.60. The summed E-state index contributed by atoms with van der Waals surface area (Å²) in [5.74, 6) is 0. The van der Waals surface area contributed by atoms with Crippen LogP contribution >= 0.6 is 34.8 Å². The molecule has 0 aliphatic rings. The third-order valence-electron chi connectivity index (χ3n) is 0. The lowest BCUT2D eigenvalue weighted by Gasteiger charge is -1.72. The first-order chi connectivity index (χ1) is 3.46. The van der Waals surface area contributed by atoms with Gasteiger partial charge < -0.3 is 5.11 Å². The zero-order valence-corrected chi connectivity index (χ0v) is 6.33. The Morgan fingerprint density at radius 3 is 1.62 bits per heavy atom. The maximum atomic E-state index is 8.77. The van der Waals surface area contributed by atoms with E-state index in [0.29, 0.717) is 0 Å². The molecule has 0 amide bonds. The lowest BCUT2D eigenvalue weighted by atomic mass is 11.0. The zero-order chi connectivity index (χ0) is 7.15. The van der Waals surface area contributed by atoms with Gasteiger partial charge in [-0.1, -0.05) is 0 Å². The first-order valence-electron chi connectivity index (χ1n) is 1.63. The minimum absolute atomic E-state index is 0.222. The molecule has 0 radical (unpaired) electrons. The Balaban J connectivity index is 0. The number of halogens is 3. The Morgan fingerprint density at radius 1 is 1.62 bits per heavy atom.